The number of nitrogens with one attached hydrogen (secondary N) is 1. The quantitative estimate of drug-likeness (QED) is 0.452. The van der Waals surface area contributed by atoms with E-state index in [1.165, 1.54) is 0 Å². The molecule has 0 unspecified atom stereocenters. The highest BCUT2D eigenvalue weighted by atomic mass is 35.5. The van der Waals surface area contributed by atoms with Crippen LogP contribution in [0.2, 0.25) is 5.02 Å². The number of carbonyl (C=O) groups is 1. The predicted octanol–water partition coefficient (Wildman–Crippen LogP) is 4.87. The second-order valence-electron chi connectivity index (χ2n) is 7.36. The van der Waals surface area contributed by atoms with E-state index < -0.39 is 0 Å². The van der Waals surface area contributed by atoms with Crippen LogP contribution in [0.5, 0.6) is 0 Å². The molecule has 1 saturated heterocycles. The molecule has 1 aliphatic heterocycles. The molecule has 1 amide bonds. The van der Waals surface area contributed by atoms with Gasteiger partial charge in [0.1, 0.15) is 5.01 Å². The van der Waals surface area contributed by atoms with Gasteiger partial charge in [0.05, 0.1) is 16.3 Å². The molecule has 31 heavy (non-hydrogen) atoms. The molecule has 9 heteroatoms. The van der Waals surface area contributed by atoms with Crippen molar-refractivity contribution in [1.29, 1.82) is 0 Å². The number of benzene rings is 1. The molecule has 3 aromatic heterocycles. The third-order valence-corrected chi connectivity index (χ3v) is 7.37. The van der Waals surface area contributed by atoms with Crippen molar-refractivity contribution in [3.05, 3.63) is 69.6 Å². The number of piperazine rings is 1. The molecular formula is C22H20ClN5OS2. The maximum absolute atomic E-state index is 12.8. The molecule has 0 spiro atoms. The Kier molecular flexibility index (Phi) is 5.87. The number of aromatic amines is 1. The van der Waals surface area contributed by atoms with E-state index >= 15 is 0 Å². The fourth-order valence-corrected chi connectivity index (χ4v) is 5.23. The lowest BCUT2D eigenvalue weighted by molar-refractivity contribution is 0.0621. The van der Waals surface area contributed by atoms with E-state index in [0.717, 1.165) is 51.5 Å². The summed E-state index contributed by atoms with van der Waals surface area (Å²) in [4.78, 5) is 22.9. The summed E-state index contributed by atoms with van der Waals surface area (Å²) in [6, 6.07) is 13.6. The van der Waals surface area contributed by atoms with Crippen LogP contribution < -0.4 is 0 Å². The van der Waals surface area contributed by atoms with Crippen molar-refractivity contribution >= 4 is 40.2 Å². The van der Waals surface area contributed by atoms with Gasteiger partial charge in [-0.2, -0.15) is 5.10 Å². The van der Waals surface area contributed by atoms with E-state index in [4.69, 9.17) is 16.6 Å². The molecule has 1 aliphatic rings. The van der Waals surface area contributed by atoms with Gasteiger partial charge in [0.2, 0.25) is 0 Å². The number of thiophene rings is 1. The van der Waals surface area contributed by atoms with Crippen molar-refractivity contribution in [2.75, 3.05) is 26.2 Å². The summed E-state index contributed by atoms with van der Waals surface area (Å²) >= 11 is 9.24. The average Bonchev–Trinajstić information content (AvgIpc) is 3.55. The number of halogens is 1. The Bertz CT molecular complexity index is 1160. The van der Waals surface area contributed by atoms with Crippen molar-refractivity contribution < 1.29 is 4.79 Å². The number of rotatable bonds is 5. The zero-order chi connectivity index (χ0) is 21.2. The fourth-order valence-electron chi connectivity index (χ4n) is 3.59. The third-order valence-electron chi connectivity index (χ3n) is 5.27. The number of thiazole rings is 1. The SMILES string of the molecule is O=C(c1cc(-c2cccs2)[nH]n1)N1CCN(Cc2csc(-c3ccc(Cl)cc3)n2)CC1. The van der Waals surface area contributed by atoms with E-state index in [2.05, 4.69) is 20.5 Å². The van der Waals surface area contributed by atoms with Gasteiger partial charge in [-0.1, -0.05) is 29.8 Å². The maximum Gasteiger partial charge on any atom is 0.274 e. The molecule has 0 saturated carbocycles. The van der Waals surface area contributed by atoms with E-state index in [1.807, 2.05) is 52.7 Å². The number of amides is 1. The van der Waals surface area contributed by atoms with Gasteiger partial charge in [0, 0.05) is 48.7 Å². The molecule has 0 aliphatic carbocycles. The lowest BCUT2D eigenvalue weighted by atomic mass is 10.2. The van der Waals surface area contributed by atoms with Crippen LogP contribution in [0.4, 0.5) is 0 Å². The van der Waals surface area contributed by atoms with Crippen LogP contribution in [-0.2, 0) is 6.54 Å². The Morgan fingerprint density at radius 3 is 2.65 bits per heavy atom. The summed E-state index contributed by atoms with van der Waals surface area (Å²) in [6.45, 7) is 3.81. The summed E-state index contributed by atoms with van der Waals surface area (Å²) in [5, 5.41) is 13.1. The molecule has 5 rings (SSSR count). The molecule has 0 bridgehead atoms. The Labute approximate surface area is 193 Å². The smallest absolute Gasteiger partial charge is 0.274 e. The van der Waals surface area contributed by atoms with E-state index in [1.54, 1.807) is 22.7 Å². The second-order valence-corrected chi connectivity index (χ2v) is 9.61. The molecule has 0 atom stereocenters. The van der Waals surface area contributed by atoms with E-state index in [0.29, 0.717) is 18.8 Å². The van der Waals surface area contributed by atoms with Gasteiger partial charge < -0.3 is 4.90 Å². The van der Waals surface area contributed by atoms with Crippen molar-refractivity contribution in [2.24, 2.45) is 0 Å². The van der Waals surface area contributed by atoms with Crippen LogP contribution in [0.15, 0.2) is 53.2 Å². The van der Waals surface area contributed by atoms with Gasteiger partial charge in [-0.05, 0) is 29.6 Å². The topological polar surface area (TPSA) is 65.1 Å². The van der Waals surface area contributed by atoms with Gasteiger partial charge in [-0.3, -0.25) is 14.8 Å². The monoisotopic (exact) mass is 469 g/mol. The van der Waals surface area contributed by atoms with Crippen LogP contribution in [-0.4, -0.2) is 57.1 Å². The number of hydrogen-bond acceptors (Lipinski definition) is 6. The van der Waals surface area contributed by atoms with Crippen LogP contribution in [0.3, 0.4) is 0 Å². The zero-order valence-corrected chi connectivity index (χ0v) is 19.0. The lowest BCUT2D eigenvalue weighted by Gasteiger charge is -2.34. The molecule has 1 fully saturated rings. The highest BCUT2D eigenvalue weighted by Gasteiger charge is 2.24. The van der Waals surface area contributed by atoms with E-state index in [9.17, 15) is 4.79 Å². The summed E-state index contributed by atoms with van der Waals surface area (Å²) in [5.41, 5.74) is 3.50. The summed E-state index contributed by atoms with van der Waals surface area (Å²) in [6.07, 6.45) is 0. The zero-order valence-electron chi connectivity index (χ0n) is 16.6. The van der Waals surface area contributed by atoms with Crippen molar-refractivity contribution in [3.63, 3.8) is 0 Å². The predicted molar refractivity (Wildman–Crippen MR) is 126 cm³/mol. The first-order valence-corrected chi connectivity index (χ1v) is 12.1. The normalized spacial score (nSPS) is 14.8. The summed E-state index contributed by atoms with van der Waals surface area (Å²) in [5.74, 6) is -0.0163. The first kappa shape index (κ1) is 20.4. The van der Waals surface area contributed by atoms with Crippen LogP contribution in [0.1, 0.15) is 16.2 Å². The Morgan fingerprint density at radius 2 is 1.90 bits per heavy atom. The average molecular weight is 470 g/mol. The molecule has 1 aromatic carbocycles. The summed E-state index contributed by atoms with van der Waals surface area (Å²) < 4.78 is 0. The van der Waals surface area contributed by atoms with Crippen molar-refractivity contribution in [3.8, 4) is 21.1 Å². The molecule has 4 aromatic rings. The molecule has 4 heterocycles. The Balaban J connectivity index is 1.16. The molecule has 1 N–H and O–H groups in total. The van der Waals surface area contributed by atoms with Crippen molar-refractivity contribution in [2.45, 2.75) is 6.54 Å². The highest BCUT2D eigenvalue weighted by Crippen LogP contribution is 2.26. The van der Waals surface area contributed by atoms with Gasteiger partial charge in [-0.15, -0.1) is 22.7 Å². The Hall–Kier alpha value is -2.52. The minimum atomic E-state index is -0.0163. The minimum Gasteiger partial charge on any atom is -0.335 e. The minimum absolute atomic E-state index is 0.0163. The standard InChI is InChI=1S/C22H20ClN5OS2/c23-16-5-3-15(4-6-16)21-24-17(14-31-21)13-27-7-9-28(10-8-27)22(29)19-12-18(25-26-19)20-2-1-11-30-20/h1-6,11-12,14H,7-10,13H2,(H,25,26). The first-order chi connectivity index (χ1) is 15.2. The van der Waals surface area contributed by atoms with E-state index in [-0.39, 0.29) is 5.91 Å². The Morgan fingerprint density at radius 1 is 1.10 bits per heavy atom. The number of nitrogens with zero attached hydrogens (tertiary/aromatic N) is 4. The molecule has 0 radical (unpaired) electrons. The largest absolute Gasteiger partial charge is 0.335 e. The van der Waals surface area contributed by atoms with Crippen LogP contribution in [0.25, 0.3) is 21.1 Å². The highest BCUT2D eigenvalue weighted by molar-refractivity contribution is 7.13. The van der Waals surface area contributed by atoms with Crippen molar-refractivity contribution in [1.82, 2.24) is 25.0 Å². The maximum atomic E-state index is 12.8. The molecular weight excluding hydrogens is 450 g/mol. The first-order valence-electron chi connectivity index (χ1n) is 9.97. The number of hydrogen-bond donors (Lipinski definition) is 1. The van der Waals surface area contributed by atoms with Gasteiger partial charge in [-0.25, -0.2) is 4.98 Å². The van der Waals surface area contributed by atoms with Gasteiger partial charge >= 0.3 is 0 Å². The van der Waals surface area contributed by atoms with Crippen LogP contribution >= 0.6 is 34.3 Å². The summed E-state index contributed by atoms with van der Waals surface area (Å²) in [7, 11) is 0. The number of carbonyl (C=O) groups excluding carboxylic acids is 1. The van der Waals surface area contributed by atoms with Gasteiger partial charge in [0.15, 0.2) is 5.69 Å². The number of aromatic nitrogens is 3. The number of H-pyrrole nitrogens is 1. The van der Waals surface area contributed by atoms with Crippen LogP contribution in [0, 0.1) is 0 Å². The lowest BCUT2D eigenvalue weighted by Crippen LogP contribution is -2.48. The fraction of sp³-hybridized carbons (Fsp3) is 0.227. The third kappa shape index (κ3) is 4.57. The second kappa shape index (κ2) is 8.92. The van der Waals surface area contributed by atoms with Gasteiger partial charge in [0.25, 0.3) is 5.91 Å². The molecule has 158 valence electrons. The molecule has 6 nitrogen and oxygen atoms in total.